The average molecular weight is 315 g/mol. The zero-order chi connectivity index (χ0) is 13.8. The van der Waals surface area contributed by atoms with Crippen molar-refractivity contribution >= 4 is 46.4 Å². The van der Waals surface area contributed by atoms with Crippen molar-refractivity contribution in [2.45, 2.75) is 23.4 Å². The van der Waals surface area contributed by atoms with E-state index < -0.39 is 0 Å². The Morgan fingerprint density at radius 3 is 2.84 bits per heavy atom. The second-order valence-electron chi connectivity index (χ2n) is 3.70. The van der Waals surface area contributed by atoms with Crippen molar-refractivity contribution in [3.63, 3.8) is 0 Å². The number of nitrogens with zero attached hydrogens (tertiary/aromatic N) is 3. The van der Waals surface area contributed by atoms with Crippen molar-refractivity contribution in [3.05, 3.63) is 28.4 Å². The van der Waals surface area contributed by atoms with Crippen LogP contribution in [0.4, 0.5) is 5.82 Å². The van der Waals surface area contributed by atoms with Gasteiger partial charge in [-0.15, -0.1) is 10.2 Å². The van der Waals surface area contributed by atoms with Crippen molar-refractivity contribution < 1.29 is 4.79 Å². The van der Waals surface area contributed by atoms with Crippen molar-refractivity contribution in [1.82, 2.24) is 15.2 Å². The van der Waals surface area contributed by atoms with E-state index in [1.165, 1.54) is 29.3 Å². The maximum Gasteiger partial charge on any atom is 0.238 e. The summed E-state index contributed by atoms with van der Waals surface area (Å²) in [6, 6.07) is 3.34. The SMILES string of the molecule is Cc1nnc(SC(C)C(=O)Nc2ccc(Cl)cn2)s1. The lowest BCUT2D eigenvalue weighted by atomic mass is 10.4. The summed E-state index contributed by atoms with van der Waals surface area (Å²) in [5.74, 6) is 0.350. The highest BCUT2D eigenvalue weighted by molar-refractivity contribution is 8.02. The summed E-state index contributed by atoms with van der Waals surface area (Å²) in [7, 11) is 0. The van der Waals surface area contributed by atoms with Gasteiger partial charge < -0.3 is 5.32 Å². The van der Waals surface area contributed by atoms with Gasteiger partial charge in [0.1, 0.15) is 10.8 Å². The van der Waals surface area contributed by atoms with Crippen LogP contribution in [0.3, 0.4) is 0 Å². The molecule has 1 atom stereocenters. The highest BCUT2D eigenvalue weighted by Gasteiger charge is 2.17. The number of rotatable bonds is 4. The maximum absolute atomic E-state index is 12.0. The van der Waals surface area contributed by atoms with Crippen LogP contribution in [0.2, 0.25) is 5.02 Å². The van der Waals surface area contributed by atoms with Gasteiger partial charge in [0.15, 0.2) is 4.34 Å². The zero-order valence-electron chi connectivity index (χ0n) is 10.3. The molecule has 1 N–H and O–H groups in total. The van der Waals surface area contributed by atoms with Gasteiger partial charge in [-0.25, -0.2) is 4.98 Å². The van der Waals surface area contributed by atoms with Crippen LogP contribution in [0.15, 0.2) is 22.7 Å². The minimum Gasteiger partial charge on any atom is -0.310 e. The third kappa shape index (κ3) is 4.15. The molecular formula is C11H11ClN4OS2. The van der Waals surface area contributed by atoms with E-state index in [1.54, 1.807) is 12.1 Å². The molecule has 0 aliphatic heterocycles. The monoisotopic (exact) mass is 314 g/mol. The van der Waals surface area contributed by atoms with E-state index in [-0.39, 0.29) is 11.2 Å². The molecule has 0 aliphatic carbocycles. The van der Waals surface area contributed by atoms with Gasteiger partial charge in [0.2, 0.25) is 5.91 Å². The molecule has 0 bridgehead atoms. The van der Waals surface area contributed by atoms with Crippen LogP contribution in [-0.4, -0.2) is 26.3 Å². The van der Waals surface area contributed by atoms with Crippen LogP contribution in [0.1, 0.15) is 11.9 Å². The Hall–Kier alpha value is -1.18. The molecule has 2 heterocycles. The first-order valence-corrected chi connectivity index (χ1v) is 7.51. The number of pyridine rings is 1. The van der Waals surface area contributed by atoms with Crippen LogP contribution < -0.4 is 5.32 Å². The molecule has 19 heavy (non-hydrogen) atoms. The van der Waals surface area contributed by atoms with E-state index in [9.17, 15) is 4.79 Å². The number of aromatic nitrogens is 3. The van der Waals surface area contributed by atoms with Crippen molar-refractivity contribution in [3.8, 4) is 0 Å². The van der Waals surface area contributed by atoms with E-state index in [0.29, 0.717) is 10.8 Å². The second kappa shape index (κ2) is 6.31. The first-order valence-electron chi connectivity index (χ1n) is 5.44. The number of carbonyl (C=O) groups is 1. The number of aryl methyl sites for hydroxylation is 1. The van der Waals surface area contributed by atoms with Gasteiger partial charge in [-0.1, -0.05) is 34.7 Å². The lowest BCUT2D eigenvalue weighted by molar-refractivity contribution is -0.115. The van der Waals surface area contributed by atoms with Crippen LogP contribution in [0.25, 0.3) is 0 Å². The number of hydrogen-bond acceptors (Lipinski definition) is 6. The van der Waals surface area contributed by atoms with Crippen molar-refractivity contribution in [1.29, 1.82) is 0 Å². The molecule has 100 valence electrons. The topological polar surface area (TPSA) is 67.8 Å². The summed E-state index contributed by atoms with van der Waals surface area (Å²) in [6.07, 6.45) is 1.49. The Bertz CT molecular complexity index is 572. The maximum atomic E-state index is 12.0. The summed E-state index contributed by atoms with van der Waals surface area (Å²) in [5.41, 5.74) is 0. The van der Waals surface area contributed by atoms with Gasteiger partial charge in [-0.2, -0.15) is 0 Å². The number of carbonyl (C=O) groups excluding carboxylic acids is 1. The normalized spacial score (nSPS) is 12.2. The molecule has 1 amide bonds. The van der Waals surface area contributed by atoms with Crippen LogP contribution in [-0.2, 0) is 4.79 Å². The molecule has 1 unspecified atom stereocenters. The predicted octanol–water partition coefficient (Wildman–Crippen LogP) is 3.01. The van der Waals surface area contributed by atoms with E-state index >= 15 is 0 Å². The van der Waals surface area contributed by atoms with E-state index in [4.69, 9.17) is 11.6 Å². The quantitative estimate of drug-likeness (QED) is 0.879. The minimum absolute atomic E-state index is 0.132. The fourth-order valence-corrected chi connectivity index (χ4v) is 3.28. The molecule has 8 heteroatoms. The van der Waals surface area contributed by atoms with E-state index in [1.807, 2.05) is 13.8 Å². The summed E-state index contributed by atoms with van der Waals surface area (Å²) >= 11 is 8.57. The first-order chi connectivity index (χ1) is 9.04. The molecular weight excluding hydrogens is 304 g/mol. The Labute approximate surface area is 123 Å². The van der Waals surface area contributed by atoms with Crippen LogP contribution >= 0.6 is 34.7 Å². The third-order valence-electron chi connectivity index (χ3n) is 2.13. The number of thioether (sulfide) groups is 1. The summed E-state index contributed by atoms with van der Waals surface area (Å²) in [5, 5.41) is 11.8. The fourth-order valence-electron chi connectivity index (χ4n) is 1.21. The molecule has 0 fully saturated rings. The van der Waals surface area contributed by atoms with E-state index in [2.05, 4.69) is 20.5 Å². The van der Waals surface area contributed by atoms with Crippen LogP contribution in [0, 0.1) is 6.92 Å². The summed E-state index contributed by atoms with van der Waals surface area (Å²) in [4.78, 5) is 16.0. The summed E-state index contributed by atoms with van der Waals surface area (Å²) < 4.78 is 0.782. The van der Waals surface area contributed by atoms with Gasteiger partial charge in [0.05, 0.1) is 10.3 Å². The Morgan fingerprint density at radius 1 is 1.47 bits per heavy atom. The summed E-state index contributed by atoms with van der Waals surface area (Å²) in [6.45, 7) is 3.69. The number of anilines is 1. The average Bonchev–Trinajstić information content (AvgIpc) is 2.77. The second-order valence-corrected chi connectivity index (χ2v) is 6.90. The van der Waals surface area contributed by atoms with Gasteiger partial charge in [-0.3, -0.25) is 4.79 Å². The first kappa shape index (κ1) is 14.2. The van der Waals surface area contributed by atoms with Crippen LogP contribution in [0.5, 0.6) is 0 Å². The Morgan fingerprint density at radius 2 is 2.26 bits per heavy atom. The molecule has 0 aliphatic rings. The molecule has 0 aromatic carbocycles. The highest BCUT2D eigenvalue weighted by Crippen LogP contribution is 2.26. The molecule has 0 saturated heterocycles. The molecule has 0 spiro atoms. The minimum atomic E-state index is -0.273. The number of nitrogens with one attached hydrogen (secondary N) is 1. The lowest BCUT2D eigenvalue weighted by Crippen LogP contribution is -2.22. The predicted molar refractivity (Wildman–Crippen MR) is 77.8 cm³/mol. The molecule has 5 nitrogen and oxygen atoms in total. The van der Waals surface area contributed by atoms with E-state index in [0.717, 1.165) is 9.35 Å². The molecule has 0 radical (unpaired) electrons. The number of halogens is 1. The van der Waals surface area contributed by atoms with Gasteiger partial charge >= 0.3 is 0 Å². The zero-order valence-corrected chi connectivity index (χ0v) is 12.6. The van der Waals surface area contributed by atoms with Gasteiger partial charge in [0, 0.05) is 6.20 Å². The molecule has 2 aromatic rings. The standard InChI is InChI=1S/C11H11ClN4OS2/c1-6(18-11-16-15-7(2)19-11)10(17)14-9-4-3-8(12)5-13-9/h3-6H,1-2H3,(H,13,14,17). The third-order valence-corrected chi connectivity index (χ3v) is 4.38. The molecule has 2 aromatic heterocycles. The fraction of sp³-hybridized carbons (Fsp3) is 0.273. The van der Waals surface area contributed by atoms with Crippen molar-refractivity contribution in [2.75, 3.05) is 5.32 Å². The molecule has 0 saturated carbocycles. The van der Waals surface area contributed by atoms with Crippen molar-refractivity contribution in [2.24, 2.45) is 0 Å². The number of hydrogen-bond donors (Lipinski definition) is 1. The van der Waals surface area contributed by atoms with Gasteiger partial charge in [0.25, 0.3) is 0 Å². The lowest BCUT2D eigenvalue weighted by Gasteiger charge is -2.09. The Balaban J connectivity index is 1.94. The molecule has 2 rings (SSSR count). The highest BCUT2D eigenvalue weighted by atomic mass is 35.5. The van der Waals surface area contributed by atoms with Gasteiger partial charge in [-0.05, 0) is 26.0 Å². The number of amides is 1. The Kier molecular flexibility index (Phi) is 4.73. The smallest absolute Gasteiger partial charge is 0.238 e. The largest absolute Gasteiger partial charge is 0.310 e.